The molecular formula is C17H18N2O. The van der Waals surface area contributed by atoms with Crippen LogP contribution in [0.1, 0.15) is 17.9 Å². The van der Waals surface area contributed by atoms with Crippen molar-refractivity contribution < 1.29 is 4.79 Å². The van der Waals surface area contributed by atoms with E-state index in [-0.39, 0.29) is 12.5 Å². The van der Waals surface area contributed by atoms with Gasteiger partial charge in [0.25, 0.3) is 0 Å². The second-order valence-electron chi connectivity index (χ2n) is 5.28. The molecule has 0 saturated heterocycles. The third kappa shape index (κ3) is 2.89. The molecule has 0 bridgehead atoms. The average molecular weight is 266 g/mol. The van der Waals surface area contributed by atoms with Crippen LogP contribution in [0.4, 0.5) is 0 Å². The highest BCUT2D eigenvalue weighted by Crippen LogP contribution is 2.41. The van der Waals surface area contributed by atoms with Gasteiger partial charge in [0.2, 0.25) is 5.91 Å². The van der Waals surface area contributed by atoms with Gasteiger partial charge in [0.15, 0.2) is 0 Å². The van der Waals surface area contributed by atoms with Gasteiger partial charge in [0, 0.05) is 12.0 Å². The third-order valence-corrected chi connectivity index (χ3v) is 3.77. The summed E-state index contributed by atoms with van der Waals surface area (Å²) in [5, 5.41) is 3.18. The minimum atomic E-state index is -0.296. The van der Waals surface area contributed by atoms with Crippen molar-refractivity contribution in [3.63, 3.8) is 0 Å². The maximum Gasteiger partial charge on any atom is 0.231 e. The molecule has 0 aromatic heterocycles. The van der Waals surface area contributed by atoms with E-state index in [0.29, 0.717) is 12.0 Å². The summed E-state index contributed by atoms with van der Waals surface area (Å²) in [5.74, 6) is 0.217. The number of amides is 1. The Morgan fingerprint density at radius 1 is 1.05 bits per heavy atom. The SMILES string of the molecule is NC(=O)CNC1CC1c1ccc(-c2ccccc2)cc1. The van der Waals surface area contributed by atoms with Crippen molar-refractivity contribution >= 4 is 5.91 Å². The molecule has 0 spiro atoms. The molecule has 2 aromatic rings. The van der Waals surface area contributed by atoms with Crippen LogP contribution in [0.25, 0.3) is 11.1 Å². The predicted molar refractivity (Wildman–Crippen MR) is 80.2 cm³/mol. The zero-order chi connectivity index (χ0) is 13.9. The molecule has 0 radical (unpaired) electrons. The number of nitrogens with two attached hydrogens (primary N) is 1. The molecule has 1 amide bonds. The van der Waals surface area contributed by atoms with Crippen molar-refractivity contribution in [2.75, 3.05) is 6.54 Å². The van der Waals surface area contributed by atoms with Crippen LogP contribution in [0.3, 0.4) is 0 Å². The van der Waals surface area contributed by atoms with Crippen LogP contribution >= 0.6 is 0 Å². The Labute approximate surface area is 118 Å². The van der Waals surface area contributed by atoms with Gasteiger partial charge < -0.3 is 11.1 Å². The van der Waals surface area contributed by atoms with Gasteiger partial charge in [-0.3, -0.25) is 4.79 Å². The summed E-state index contributed by atoms with van der Waals surface area (Å²) in [4.78, 5) is 10.7. The normalized spacial score (nSPS) is 20.6. The first kappa shape index (κ1) is 12.9. The van der Waals surface area contributed by atoms with Crippen LogP contribution in [0.15, 0.2) is 54.6 Å². The smallest absolute Gasteiger partial charge is 0.231 e. The molecule has 2 unspecified atom stereocenters. The number of carbonyl (C=O) groups is 1. The van der Waals surface area contributed by atoms with Crippen molar-refractivity contribution in [3.8, 4) is 11.1 Å². The molecule has 3 heteroatoms. The van der Waals surface area contributed by atoms with E-state index in [4.69, 9.17) is 5.73 Å². The topological polar surface area (TPSA) is 55.1 Å². The van der Waals surface area contributed by atoms with Crippen molar-refractivity contribution in [1.82, 2.24) is 5.32 Å². The molecule has 3 nitrogen and oxygen atoms in total. The summed E-state index contributed by atoms with van der Waals surface area (Å²) in [6, 6.07) is 19.4. The zero-order valence-electron chi connectivity index (χ0n) is 11.3. The molecule has 0 heterocycles. The van der Waals surface area contributed by atoms with E-state index in [9.17, 15) is 4.79 Å². The lowest BCUT2D eigenvalue weighted by molar-refractivity contribution is -0.117. The van der Waals surface area contributed by atoms with Gasteiger partial charge in [-0.2, -0.15) is 0 Å². The summed E-state index contributed by atoms with van der Waals surface area (Å²) in [7, 11) is 0. The van der Waals surface area contributed by atoms with Crippen molar-refractivity contribution in [2.45, 2.75) is 18.4 Å². The molecule has 3 N–H and O–H groups in total. The second kappa shape index (κ2) is 5.47. The molecule has 0 aliphatic heterocycles. The number of hydrogen-bond donors (Lipinski definition) is 2. The van der Waals surface area contributed by atoms with E-state index >= 15 is 0 Å². The monoisotopic (exact) mass is 266 g/mol. The first-order chi connectivity index (χ1) is 9.74. The van der Waals surface area contributed by atoms with Crippen LogP contribution in [-0.2, 0) is 4.79 Å². The highest BCUT2D eigenvalue weighted by atomic mass is 16.1. The Kier molecular flexibility index (Phi) is 3.52. The van der Waals surface area contributed by atoms with E-state index in [0.717, 1.165) is 6.42 Å². The number of nitrogens with one attached hydrogen (secondary N) is 1. The molecule has 1 aliphatic rings. The van der Waals surface area contributed by atoms with Crippen molar-refractivity contribution in [2.24, 2.45) is 5.73 Å². The second-order valence-corrected chi connectivity index (χ2v) is 5.28. The lowest BCUT2D eigenvalue weighted by Crippen LogP contribution is -2.30. The number of benzene rings is 2. The Bertz CT molecular complexity index is 592. The summed E-state index contributed by atoms with van der Waals surface area (Å²) < 4.78 is 0. The fourth-order valence-electron chi connectivity index (χ4n) is 2.57. The van der Waals surface area contributed by atoms with Gasteiger partial charge in [-0.25, -0.2) is 0 Å². The predicted octanol–water partition coefficient (Wildman–Crippen LogP) is 2.28. The van der Waals surface area contributed by atoms with E-state index in [1.807, 2.05) is 18.2 Å². The van der Waals surface area contributed by atoms with Gasteiger partial charge in [0.1, 0.15) is 0 Å². The van der Waals surface area contributed by atoms with E-state index < -0.39 is 0 Å². The van der Waals surface area contributed by atoms with Crippen molar-refractivity contribution in [1.29, 1.82) is 0 Å². The van der Waals surface area contributed by atoms with E-state index in [2.05, 4.69) is 41.7 Å². The largest absolute Gasteiger partial charge is 0.369 e. The minimum absolute atomic E-state index is 0.267. The Balaban J connectivity index is 1.65. The van der Waals surface area contributed by atoms with Gasteiger partial charge in [-0.1, -0.05) is 54.6 Å². The Morgan fingerprint density at radius 3 is 2.35 bits per heavy atom. The summed E-state index contributed by atoms with van der Waals surface area (Å²) >= 11 is 0. The van der Waals surface area contributed by atoms with Crippen LogP contribution in [0.5, 0.6) is 0 Å². The summed E-state index contributed by atoms with van der Waals surface area (Å²) in [5.41, 5.74) is 8.93. The number of primary amides is 1. The lowest BCUT2D eigenvalue weighted by Gasteiger charge is -2.05. The fraction of sp³-hybridized carbons (Fsp3) is 0.235. The van der Waals surface area contributed by atoms with Crippen LogP contribution in [0, 0.1) is 0 Å². The maximum absolute atomic E-state index is 10.7. The Morgan fingerprint density at radius 2 is 1.70 bits per heavy atom. The lowest BCUT2D eigenvalue weighted by atomic mass is 10.0. The third-order valence-electron chi connectivity index (χ3n) is 3.77. The van der Waals surface area contributed by atoms with E-state index in [1.165, 1.54) is 16.7 Å². The standard InChI is InChI=1S/C17H18N2O/c18-17(20)11-19-16-10-15(16)14-8-6-13(7-9-14)12-4-2-1-3-5-12/h1-9,15-16,19H,10-11H2,(H2,18,20). The number of hydrogen-bond acceptors (Lipinski definition) is 2. The van der Waals surface area contributed by atoms with Crippen LogP contribution < -0.4 is 11.1 Å². The molecule has 1 saturated carbocycles. The zero-order valence-corrected chi connectivity index (χ0v) is 11.3. The summed E-state index contributed by atoms with van der Waals surface area (Å²) in [6.07, 6.45) is 1.08. The molecule has 1 aliphatic carbocycles. The van der Waals surface area contributed by atoms with Gasteiger partial charge >= 0.3 is 0 Å². The van der Waals surface area contributed by atoms with Crippen LogP contribution in [-0.4, -0.2) is 18.5 Å². The molecule has 2 atom stereocenters. The maximum atomic E-state index is 10.7. The molecule has 2 aromatic carbocycles. The number of rotatable bonds is 5. The number of carbonyl (C=O) groups excluding carboxylic acids is 1. The van der Waals surface area contributed by atoms with Gasteiger partial charge in [-0.15, -0.1) is 0 Å². The minimum Gasteiger partial charge on any atom is -0.369 e. The van der Waals surface area contributed by atoms with Crippen molar-refractivity contribution in [3.05, 3.63) is 60.2 Å². The van der Waals surface area contributed by atoms with Gasteiger partial charge in [0.05, 0.1) is 6.54 Å². The van der Waals surface area contributed by atoms with E-state index in [1.54, 1.807) is 0 Å². The first-order valence-electron chi connectivity index (χ1n) is 6.91. The summed E-state index contributed by atoms with van der Waals surface area (Å²) in [6.45, 7) is 0.267. The van der Waals surface area contributed by atoms with Gasteiger partial charge in [-0.05, 0) is 23.1 Å². The quantitative estimate of drug-likeness (QED) is 0.872. The van der Waals surface area contributed by atoms with Crippen LogP contribution in [0.2, 0.25) is 0 Å². The highest BCUT2D eigenvalue weighted by Gasteiger charge is 2.37. The molecule has 1 fully saturated rings. The average Bonchev–Trinajstić information content (AvgIpc) is 3.26. The fourth-order valence-corrected chi connectivity index (χ4v) is 2.57. The Hall–Kier alpha value is -2.13. The molecular weight excluding hydrogens is 248 g/mol. The highest BCUT2D eigenvalue weighted by molar-refractivity contribution is 5.76. The molecule has 20 heavy (non-hydrogen) atoms. The molecule has 102 valence electrons. The first-order valence-corrected chi connectivity index (χ1v) is 6.91. The molecule has 3 rings (SSSR count).